The van der Waals surface area contributed by atoms with E-state index >= 15 is 0 Å². The molecule has 2 heterocycles. The van der Waals surface area contributed by atoms with Gasteiger partial charge < -0.3 is 15.0 Å². The molecule has 3 aromatic rings. The average molecular weight is 336 g/mol. The van der Waals surface area contributed by atoms with Crippen LogP contribution in [0.5, 0.6) is 5.75 Å². The van der Waals surface area contributed by atoms with Crippen LogP contribution in [-0.2, 0) is 12.1 Å². The highest BCUT2D eigenvalue weighted by atomic mass is 16.5. The van der Waals surface area contributed by atoms with Gasteiger partial charge in [-0.3, -0.25) is 4.98 Å². The molecule has 1 aliphatic rings. The maximum Gasteiger partial charge on any atom is 0.258 e. The molecule has 0 amide bonds. The number of pyridine rings is 1. The molecule has 0 radical (unpaired) electrons. The zero-order valence-electron chi connectivity index (χ0n) is 13.9. The quantitative estimate of drug-likeness (QED) is 0.768. The monoisotopic (exact) mass is 336 g/mol. The summed E-state index contributed by atoms with van der Waals surface area (Å²) in [4.78, 5) is 8.61. The summed E-state index contributed by atoms with van der Waals surface area (Å²) in [6, 6.07) is 11.5. The number of hydrogen-bond acceptors (Lipinski definition) is 6. The van der Waals surface area contributed by atoms with Gasteiger partial charge in [-0.15, -0.1) is 0 Å². The van der Waals surface area contributed by atoms with E-state index in [2.05, 4.69) is 15.1 Å². The summed E-state index contributed by atoms with van der Waals surface area (Å²) in [5, 5.41) is 4.11. The third kappa shape index (κ3) is 3.39. The summed E-state index contributed by atoms with van der Waals surface area (Å²) in [5.41, 5.74) is 7.79. The first-order valence-corrected chi connectivity index (χ1v) is 8.48. The molecule has 128 valence electrons. The maximum atomic E-state index is 6.40. The number of hydrogen-bond donors (Lipinski definition) is 1. The van der Waals surface area contributed by atoms with Gasteiger partial charge in [0.15, 0.2) is 5.82 Å². The summed E-state index contributed by atoms with van der Waals surface area (Å²) < 4.78 is 11.3. The Morgan fingerprint density at radius 3 is 2.84 bits per heavy atom. The zero-order chi connectivity index (χ0) is 17.1. The summed E-state index contributed by atoms with van der Waals surface area (Å²) in [6.07, 6.45) is 7.55. The van der Waals surface area contributed by atoms with Gasteiger partial charge in [-0.25, -0.2) is 0 Å². The molecule has 1 aromatic carbocycles. The first kappa shape index (κ1) is 15.8. The third-order valence-electron chi connectivity index (χ3n) is 4.58. The van der Waals surface area contributed by atoms with Crippen molar-refractivity contribution < 1.29 is 9.26 Å². The lowest BCUT2D eigenvalue weighted by molar-refractivity contribution is 0.305. The highest BCUT2D eigenvalue weighted by Crippen LogP contribution is 2.35. The summed E-state index contributed by atoms with van der Waals surface area (Å²) in [7, 11) is 0. The van der Waals surface area contributed by atoms with E-state index in [1.807, 2.05) is 36.4 Å². The molecule has 0 saturated heterocycles. The minimum absolute atomic E-state index is 0.448. The second-order valence-corrected chi connectivity index (χ2v) is 6.46. The van der Waals surface area contributed by atoms with Crippen molar-refractivity contribution in [3.63, 3.8) is 0 Å². The van der Waals surface area contributed by atoms with Crippen LogP contribution in [0.15, 0.2) is 53.3 Å². The van der Waals surface area contributed by atoms with Crippen LogP contribution in [-0.4, -0.2) is 15.1 Å². The van der Waals surface area contributed by atoms with Crippen LogP contribution in [0.2, 0.25) is 0 Å². The summed E-state index contributed by atoms with van der Waals surface area (Å²) in [6.45, 7) is 0.457. The average Bonchev–Trinajstić information content (AvgIpc) is 3.31. The van der Waals surface area contributed by atoms with E-state index in [-0.39, 0.29) is 0 Å². The lowest BCUT2D eigenvalue weighted by atomic mass is 9.99. The molecule has 1 fully saturated rings. The molecule has 6 heteroatoms. The third-order valence-corrected chi connectivity index (χ3v) is 4.58. The standard InChI is InChI=1S/C19H20N4O2/c20-19(8-1-2-9-19)18-22-17(25-23-18)15-6-3-7-16(11-15)24-13-14-5-4-10-21-12-14/h3-7,10-12H,1-2,8-9,13,20H2. The molecule has 0 atom stereocenters. The Hall–Kier alpha value is -2.73. The topological polar surface area (TPSA) is 87.1 Å². The van der Waals surface area contributed by atoms with Gasteiger partial charge in [0.05, 0.1) is 5.54 Å². The van der Waals surface area contributed by atoms with Crippen LogP contribution in [0.25, 0.3) is 11.5 Å². The van der Waals surface area contributed by atoms with Gasteiger partial charge in [0.25, 0.3) is 5.89 Å². The zero-order valence-corrected chi connectivity index (χ0v) is 13.9. The van der Waals surface area contributed by atoms with Crippen LogP contribution in [0, 0.1) is 0 Å². The lowest BCUT2D eigenvalue weighted by Gasteiger charge is -2.17. The number of benzene rings is 1. The first-order chi connectivity index (χ1) is 12.2. The SMILES string of the molecule is NC1(c2noc(-c3cccc(OCc4cccnc4)c3)n2)CCCC1. The molecule has 1 aliphatic carbocycles. The molecule has 4 rings (SSSR count). The molecule has 2 aromatic heterocycles. The minimum Gasteiger partial charge on any atom is -0.489 e. The number of rotatable bonds is 5. The van der Waals surface area contributed by atoms with Crippen molar-refractivity contribution in [1.82, 2.24) is 15.1 Å². The Morgan fingerprint density at radius 2 is 2.04 bits per heavy atom. The molecule has 0 unspecified atom stereocenters. The molecular formula is C19H20N4O2. The van der Waals surface area contributed by atoms with Crippen molar-refractivity contribution in [2.45, 2.75) is 37.8 Å². The van der Waals surface area contributed by atoms with Crippen molar-refractivity contribution in [3.8, 4) is 17.2 Å². The second-order valence-electron chi connectivity index (χ2n) is 6.46. The predicted octanol–water partition coefficient (Wildman–Crippen LogP) is 3.44. The van der Waals surface area contributed by atoms with Gasteiger partial charge in [-0.05, 0) is 37.1 Å². The highest BCUT2D eigenvalue weighted by Gasteiger charge is 2.36. The number of nitrogens with zero attached hydrogens (tertiary/aromatic N) is 3. The van der Waals surface area contributed by atoms with Crippen molar-refractivity contribution in [1.29, 1.82) is 0 Å². The maximum absolute atomic E-state index is 6.40. The van der Waals surface area contributed by atoms with E-state index in [9.17, 15) is 0 Å². The van der Waals surface area contributed by atoms with E-state index in [0.717, 1.165) is 42.6 Å². The van der Waals surface area contributed by atoms with Crippen LogP contribution in [0.3, 0.4) is 0 Å². The molecule has 6 nitrogen and oxygen atoms in total. The highest BCUT2D eigenvalue weighted by molar-refractivity contribution is 5.55. The smallest absolute Gasteiger partial charge is 0.258 e. The largest absolute Gasteiger partial charge is 0.489 e. The first-order valence-electron chi connectivity index (χ1n) is 8.48. The number of aromatic nitrogens is 3. The van der Waals surface area contributed by atoms with E-state index in [4.69, 9.17) is 15.0 Å². The number of nitrogens with two attached hydrogens (primary N) is 1. The van der Waals surface area contributed by atoms with E-state index < -0.39 is 5.54 Å². The fourth-order valence-electron chi connectivity index (χ4n) is 3.14. The van der Waals surface area contributed by atoms with Gasteiger partial charge in [-0.2, -0.15) is 4.98 Å². The van der Waals surface area contributed by atoms with Gasteiger partial charge >= 0.3 is 0 Å². The Kier molecular flexibility index (Phi) is 4.19. The lowest BCUT2D eigenvalue weighted by Crippen LogP contribution is -2.34. The van der Waals surface area contributed by atoms with Gasteiger partial charge in [-0.1, -0.05) is 30.1 Å². The van der Waals surface area contributed by atoms with Crippen molar-refractivity contribution in [2.24, 2.45) is 5.73 Å². The Balaban J connectivity index is 1.50. The normalized spacial score (nSPS) is 16.0. The number of ether oxygens (including phenoxy) is 1. The van der Waals surface area contributed by atoms with Crippen molar-refractivity contribution >= 4 is 0 Å². The van der Waals surface area contributed by atoms with E-state index in [0.29, 0.717) is 18.3 Å². The summed E-state index contributed by atoms with van der Waals surface area (Å²) >= 11 is 0. The minimum atomic E-state index is -0.448. The van der Waals surface area contributed by atoms with Gasteiger partial charge in [0.2, 0.25) is 0 Å². The molecule has 25 heavy (non-hydrogen) atoms. The fourth-order valence-corrected chi connectivity index (χ4v) is 3.14. The van der Waals surface area contributed by atoms with Crippen LogP contribution < -0.4 is 10.5 Å². The van der Waals surface area contributed by atoms with Crippen LogP contribution >= 0.6 is 0 Å². The molecule has 0 spiro atoms. The van der Waals surface area contributed by atoms with Crippen molar-refractivity contribution in [2.75, 3.05) is 0 Å². The fraction of sp³-hybridized carbons (Fsp3) is 0.316. The molecule has 2 N–H and O–H groups in total. The van der Waals surface area contributed by atoms with E-state index in [1.165, 1.54) is 0 Å². The van der Waals surface area contributed by atoms with Crippen molar-refractivity contribution in [3.05, 3.63) is 60.2 Å². The Morgan fingerprint density at radius 1 is 1.16 bits per heavy atom. The van der Waals surface area contributed by atoms with Crippen LogP contribution in [0.1, 0.15) is 37.1 Å². The molecule has 1 saturated carbocycles. The van der Waals surface area contributed by atoms with Gasteiger partial charge in [0.1, 0.15) is 12.4 Å². The van der Waals surface area contributed by atoms with Crippen LogP contribution in [0.4, 0.5) is 0 Å². The molecule has 0 bridgehead atoms. The van der Waals surface area contributed by atoms with E-state index in [1.54, 1.807) is 12.4 Å². The molecular weight excluding hydrogens is 316 g/mol. The molecule has 0 aliphatic heterocycles. The second kappa shape index (κ2) is 6.64. The van der Waals surface area contributed by atoms with Gasteiger partial charge in [0, 0.05) is 23.5 Å². The Labute approximate surface area is 146 Å². The Bertz CT molecular complexity index is 841. The predicted molar refractivity (Wildman–Crippen MR) is 92.6 cm³/mol. The summed E-state index contributed by atoms with van der Waals surface area (Å²) in [5.74, 6) is 1.81.